The first-order valence-electron chi connectivity index (χ1n) is 5.89. The predicted octanol–water partition coefficient (Wildman–Crippen LogP) is 1.49. The fourth-order valence-corrected chi connectivity index (χ4v) is 3.10. The molecule has 106 valence electrons. The molecule has 5 nitrogen and oxygen atoms in total. The van der Waals surface area contributed by atoms with E-state index in [9.17, 15) is 13.2 Å². The van der Waals surface area contributed by atoms with E-state index in [-0.39, 0.29) is 17.9 Å². The normalized spacial score (nSPS) is 11.6. The number of ether oxygens (including phenoxy) is 1. The van der Waals surface area contributed by atoms with Gasteiger partial charge < -0.3 is 4.74 Å². The molecule has 1 aromatic carbocycles. The average molecular weight is 285 g/mol. The fraction of sp³-hybridized carbons (Fsp3) is 0.462. The second-order valence-electron chi connectivity index (χ2n) is 4.42. The molecule has 0 N–H and O–H groups in total. The zero-order valence-electron chi connectivity index (χ0n) is 11.6. The van der Waals surface area contributed by atoms with Crippen LogP contribution in [0.3, 0.4) is 0 Å². The number of carbonyl (C=O) groups excluding carboxylic acids is 1. The maximum atomic E-state index is 12.4. The predicted molar refractivity (Wildman–Crippen MR) is 72.4 cm³/mol. The lowest BCUT2D eigenvalue weighted by Gasteiger charge is -2.18. The van der Waals surface area contributed by atoms with E-state index >= 15 is 0 Å². The van der Waals surface area contributed by atoms with Crippen LogP contribution in [0.25, 0.3) is 0 Å². The third-order valence-corrected chi connectivity index (χ3v) is 4.89. The molecule has 1 aromatic rings. The smallest absolute Gasteiger partial charge is 0.306 e. The van der Waals surface area contributed by atoms with Crippen LogP contribution in [0, 0.1) is 13.8 Å². The van der Waals surface area contributed by atoms with Crippen LogP contribution in [-0.4, -0.2) is 39.4 Å². The van der Waals surface area contributed by atoms with Crippen LogP contribution in [0.4, 0.5) is 0 Å². The van der Waals surface area contributed by atoms with Crippen LogP contribution in [-0.2, 0) is 19.6 Å². The molecule has 0 radical (unpaired) electrons. The summed E-state index contributed by atoms with van der Waals surface area (Å²) >= 11 is 0. The highest BCUT2D eigenvalue weighted by Gasteiger charge is 2.23. The monoisotopic (exact) mass is 285 g/mol. The molecule has 0 aliphatic rings. The standard InChI is InChI=1S/C13H19NO4S/c1-10-5-6-11(2)12(9-10)19(16,17)14(3)8-7-13(15)18-4/h5-6,9H,7-8H2,1-4H3. The van der Waals surface area contributed by atoms with Crippen molar-refractivity contribution in [3.63, 3.8) is 0 Å². The quantitative estimate of drug-likeness (QED) is 0.769. The largest absolute Gasteiger partial charge is 0.469 e. The molecule has 0 heterocycles. The summed E-state index contributed by atoms with van der Waals surface area (Å²) in [5, 5.41) is 0. The van der Waals surface area contributed by atoms with E-state index in [0.717, 1.165) is 5.56 Å². The number of methoxy groups -OCH3 is 1. The SMILES string of the molecule is COC(=O)CCN(C)S(=O)(=O)c1cc(C)ccc1C. The average Bonchev–Trinajstić information content (AvgIpc) is 2.37. The Bertz CT molecular complexity index is 566. The van der Waals surface area contributed by atoms with Gasteiger partial charge >= 0.3 is 5.97 Å². The Morgan fingerprint density at radius 2 is 1.95 bits per heavy atom. The molecular formula is C13H19NO4S. The van der Waals surface area contributed by atoms with Gasteiger partial charge in [0.2, 0.25) is 10.0 Å². The summed E-state index contributed by atoms with van der Waals surface area (Å²) in [6, 6.07) is 5.28. The van der Waals surface area contributed by atoms with Gasteiger partial charge in [0.25, 0.3) is 0 Å². The molecule has 0 saturated heterocycles. The number of rotatable bonds is 5. The van der Waals surface area contributed by atoms with Crippen molar-refractivity contribution in [1.29, 1.82) is 0 Å². The Morgan fingerprint density at radius 3 is 2.53 bits per heavy atom. The molecular weight excluding hydrogens is 266 g/mol. The Balaban J connectivity index is 2.97. The molecule has 0 bridgehead atoms. The Labute approximate surface area is 114 Å². The van der Waals surface area contributed by atoms with Gasteiger partial charge in [-0.05, 0) is 31.0 Å². The van der Waals surface area contributed by atoms with E-state index in [2.05, 4.69) is 4.74 Å². The maximum Gasteiger partial charge on any atom is 0.306 e. The molecule has 0 aliphatic carbocycles. The number of benzene rings is 1. The zero-order valence-corrected chi connectivity index (χ0v) is 12.5. The van der Waals surface area contributed by atoms with Crippen molar-refractivity contribution < 1.29 is 17.9 Å². The van der Waals surface area contributed by atoms with E-state index in [0.29, 0.717) is 5.56 Å². The van der Waals surface area contributed by atoms with E-state index < -0.39 is 16.0 Å². The Kier molecular flexibility index (Phi) is 5.08. The molecule has 0 atom stereocenters. The first-order valence-corrected chi connectivity index (χ1v) is 7.33. The lowest BCUT2D eigenvalue weighted by atomic mass is 10.2. The molecule has 0 spiro atoms. The van der Waals surface area contributed by atoms with Crippen molar-refractivity contribution in [1.82, 2.24) is 4.31 Å². The Morgan fingerprint density at radius 1 is 1.32 bits per heavy atom. The summed E-state index contributed by atoms with van der Waals surface area (Å²) in [6.07, 6.45) is 0.0388. The summed E-state index contributed by atoms with van der Waals surface area (Å²) in [5.41, 5.74) is 1.57. The number of carbonyl (C=O) groups is 1. The van der Waals surface area contributed by atoms with Crippen molar-refractivity contribution >= 4 is 16.0 Å². The van der Waals surface area contributed by atoms with E-state index in [1.165, 1.54) is 18.5 Å². The molecule has 0 fully saturated rings. The van der Waals surface area contributed by atoms with E-state index in [1.54, 1.807) is 19.1 Å². The van der Waals surface area contributed by atoms with Crippen LogP contribution in [0.15, 0.2) is 23.1 Å². The van der Waals surface area contributed by atoms with E-state index in [4.69, 9.17) is 0 Å². The van der Waals surface area contributed by atoms with Crippen molar-refractivity contribution in [2.45, 2.75) is 25.2 Å². The van der Waals surface area contributed by atoms with Gasteiger partial charge in [-0.1, -0.05) is 12.1 Å². The fourth-order valence-electron chi connectivity index (χ4n) is 1.62. The second-order valence-corrected chi connectivity index (χ2v) is 6.43. The van der Waals surface area contributed by atoms with Crippen molar-refractivity contribution in [2.24, 2.45) is 0 Å². The number of hydrogen-bond acceptors (Lipinski definition) is 4. The molecule has 0 aromatic heterocycles. The lowest BCUT2D eigenvalue weighted by Crippen LogP contribution is -2.30. The Hall–Kier alpha value is -1.40. The van der Waals surface area contributed by atoms with Gasteiger partial charge in [-0.25, -0.2) is 12.7 Å². The number of sulfonamides is 1. The minimum absolute atomic E-state index is 0.0388. The lowest BCUT2D eigenvalue weighted by molar-refractivity contribution is -0.140. The van der Waals surface area contributed by atoms with Crippen LogP contribution in [0.1, 0.15) is 17.5 Å². The van der Waals surface area contributed by atoms with Gasteiger partial charge in [0, 0.05) is 13.6 Å². The summed E-state index contributed by atoms with van der Waals surface area (Å²) in [5.74, 6) is -0.428. The number of hydrogen-bond donors (Lipinski definition) is 0. The first kappa shape index (κ1) is 15.7. The van der Waals surface area contributed by atoms with Crippen molar-refractivity contribution in [3.8, 4) is 0 Å². The van der Waals surface area contributed by atoms with Gasteiger partial charge in [0.15, 0.2) is 0 Å². The zero-order chi connectivity index (χ0) is 14.6. The number of nitrogens with zero attached hydrogens (tertiary/aromatic N) is 1. The summed E-state index contributed by atoms with van der Waals surface area (Å²) < 4.78 is 30.4. The molecule has 19 heavy (non-hydrogen) atoms. The number of aryl methyl sites for hydroxylation is 2. The van der Waals surface area contributed by atoms with Crippen LogP contribution in [0.5, 0.6) is 0 Å². The minimum atomic E-state index is -3.57. The van der Waals surface area contributed by atoms with Gasteiger partial charge in [-0.15, -0.1) is 0 Å². The van der Waals surface area contributed by atoms with Crippen molar-refractivity contribution in [3.05, 3.63) is 29.3 Å². The molecule has 1 rings (SSSR count). The molecule has 0 unspecified atom stereocenters. The van der Waals surface area contributed by atoms with Crippen molar-refractivity contribution in [2.75, 3.05) is 20.7 Å². The molecule has 0 aliphatic heterocycles. The van der Waals surface area contributed by atoms with Gasteiger partial charge in [-0.2, -0.15) is 0 Å². The van der Waals surface area contributed by atoms with Crippen LogP contribution in [0.2, 0.25) is 0 Å². The molecule has 0 saturated carbocycles. The topological polar surface area (TPSA) is 63.7 Å². The summed E-state index contributed by atoms with van der Waals surface area (Å²) in [4.78, 5) is 11.3. The summed E-state index contributed by atoms with van der Waals surface area (Å²) in [6.45, 7) is 3.69. The highest BCUT2D eigenvalue weighted by molar-refractivity contribution is 7.89. The van der Waals surface area contributed by atoms with Crippen LogP contribution < -0.4 is 0 Å². The first-order chi connectivity index (χ1) is 8.78. The summed E-state index contributed by atoms with van der Waals surface area (Å²) in [7, 11) is -0.833. The van der Waals surface area contributed by atoms with Gasteiger partial charge in [0.05, 0.1) is 18.4 Å². The minimum Gasteiger partial charge on any atom is -0.469 e. The van der Waals surface area contributed by atoms with Crippen LogP contribution >= 0.6 is 0 Å². The highest BCUT2D eigenvalue weighted by atomic mass is 32.2. The van der Waals surface area contributed by atoms with E-state index in [1.807, 2.05) is 13.0 Å². The molecule has 0 amide bonds. The maximum absolute atomic E-state index is 12.4. The third kappa shape index (κ3) is 3.78. The highest BCUT2D eigenvalue weighted by Crippen LogP contribution is 2.20. The third-order valence-electron chi connectivity index (χ3n) is 2.89. The second kappa shape index (κ2) is 6.16. The van der Waals surface area contributed by atoms with Gasteiger partial charge in [0.1, 0.15) is 0 Å². The number of esters is 1. The molecule has 6 heteroatoms. The van der Waals surface area contributed by atoms with Gasteiger partial charge in [-0.3, -0.25) is 4.79 Å².